The lowest BCUT2D eigenvalue weighted by Gasteiger charge is -2.31. The number of hydrogen-bond donors (Lipinski definition) is 0. The van der Waals surface area contributed by atoms with E-state index in [1.807, 2.05) is 0 Å². The summed E-state index contributed by atoms with van der Waals surface area (Å²) in [7, 11) is 0. The Morgan fingerprint density at radius 2 is 1.83 bits per heavy atom. The summed E-state index contributed by atoms with van der Waals surface area (Å²) in [6.07, 6.45) is 7.19. The summed E-state index contributed by atoms with van der Waals surface area (Å²) in [6, 6.07) is 0.755. The first kappa shape index (κ1) is 14.0. The van der Waals surface area contributed by atoms with E-state index in [1.165, 1.54) is 51.7 Å². The van der Waals surface area contributed by atoms with Crippen LogP contribution in [0.2, 0.25) is 0 Å². The van der Waals surface area contributed by atoms with E-state index in [0.717, 1.165) is 25.4 Å². The summed E-state index contributed by atoms with van der Waals surface area (Å²) in [5, 5.41) is 0. The van der Waals surface area contributed by atoms with E-state index in [1.54, 1.807) is 0 Å². The maximum absolute atomic E-state index is 11.4. The third-order valence-corrected chi connectivity index (χ3v) is 5.10. The van der Waals surface area contributed by atoms with Crippen LogP contribution in [-0.4, -0.2) is 54.9 Å². The minimum absolute atomic E-state index is 0.0973. The summed E-state index contributed by atoms with van der Waals surface area (Å²) < 4.78 is 0. The number of rotatable bonds is 6. The van der Waals surface area contributed by atoms with Gasteiger partial charge in [0.15, 0.2) is 0 Å². The third-order valence-electron chi connectivity index (χ3n) is 5.10. The van der Waals surface area contributed by atoms with Gasteiger partial charge in [-0.15, -0.1) is 0 Å². The van der Waals surface area contributed by atoms with Crippen molar-refractivity contribution in [2.45, 2.75) is 52.0 Å². The largest absolute Gasteiger partial charge is 0.303 e. The van der Waals surface area contributed by atoms with Gasteiger partial charge < -0.3 is 9.69 Å². The SMILES string of the molecule is CCC(C=O)(CC)CN1CCC(N2CCCC2)C1. The van der Waals surface area contributed by atoms with E-state index < -0.39 is 0 Å². The number of carbonyl (C=O) groups excluding carboxylic acids is 1. The second-order valence-electron chi connectivity index (χ2n) is 6.11. The minimum atomic E-state index is -0.0973. The highest BCUT2D eigenvalue weighted by atomic mass is 16.1. The summed E-state index contributed by atoms with van der Waals surface area (Å²) >= 11 is 0. The van der Waals surface area contributed by atoms with Gasteiger partial charge in [-0.2, -0.15) is 0 Å². The second-order valence-corrected chi connectivity index (χ2v) is 6.11. The van der Waals surface area contributed by atoms with Crippen LogP contribution in [0.4, 0.5) is 0 Å². The Morgan fingerprint density at radius 1 is 1.17 bits per heavy atom. The van der Waals surface area contributed by atoms with Crippen molar-refractivity contribution in [3.8, 4) is 0 Å². The summed E-state index contributed by atoms with van der Waals surface area (Å²) in [5.74, 6) is 0. The average molecular weight is 252 g/mol. The molecular weight excluding hydrogens is 224 g/mol. The molecule has 2 fully saturated rings. The van der Waals surface area contributed by atoms with Gasteiger partial charge in [0.1, 0.15) is 6.29 Å². The molecule has 2 aliphatic heterocycles. The predicted molar refractivity (Wildman–Crippen MR) is 74.7 cm³/mol. The molecule has 1 atom stereocenters. The molecule has 0 spiro atoms. The van der Waals surface area contributed by atoms with Gasteiger partial charge in [-0.25, -0.2) is 0 Å². The summed E-state index contributed by atoms with van der Waals surface area (Å²) in [4.78, 5) is 16.5. The average Bonchev–Trinajstić information content (AvgIpc) is 3.07. The molecule has 2 heterocycles. The molecule has 3 nitrogen and oxygen atoms in total. The van der Waals surface area contributed by atoms with Crippen molar-refractivity contribution in [1.29, 1.82) is 0 Å². The predicted octanol–water partition coefficient (Wildman–Crippen LogP) is 2.16. The fraction of sp³-hybridized carbons (Fsp3) is 0.933. The lowest BCUT2D eigenvalue weighted by atomic mass is 9.83. The molecule has 1 unspecified atom stereocenters. The van der Waals surface area contributed by atoms with E-state index in [9.17, 15) is 4.79 Å². The van der Waals surface area contributed by atoms with E-state index in [0.29, 0.717) is 0 Å². The van der Waals surface area contributed by atoms with Crippen LogP contribution in [0, 0.1) is 5.41 Å². The van der Waals surface area contributed by atoms with Crippen molar-refractivity contribution in [3.63, 3.8) is 0 Å². The van der Waals surface area contributed by atoms with Gasteiger partial charge in [0.05, 0.1) is 0 Å². The van der Waals surface area contributed by atoms with Crippen LogP contribution in [0.25, 0.3) is 0 Å². The van der Waals surface area contributed by atoms with E-state index in [2.05, 4.69) is 23.6 Å². The molecule has 0 aliphatic carbocycles. The fourth-order valence-electron chi connectivity index (χ4n) is 3.48. The van der Waals surface area contributed by atoms with Crippen LogP contribution < -0.4 is 0 Å². The maximum atomic E-state index is 11.4. The zero-order valence-corrected chi connectivity index (χ0v) is 12.0. The molecule has 3 heteroatoms. The van der Waals surface area contributed by atoms with Crippen LogP contribution in [0.1, 0.15) is 46.0 Å². The molecule has 2 rings (SSSR count). The molecule has 0 saturated carbocycles. The van der Waals surface area contributed by atoms with Crippen molar-refractivity contribution < 1.29 is 4.79 Å². The molecule has 0 aromatic heterocycles. The topological polar surface area (TPSA) is 23.6 Å². The number of likely N-dealkylation sites (tertiary alicyclic amines) is 2. The van der Waals surface area contributed by atoms with Crippen LogP contribution in [0.5, 0.6) is 0 Å². The molecule has 0 bridgehead atoms. The maximum Gasteiger partial charge on any atom is 0.127 e. The number of hydrogen-bond acceptors (Lipinski definition) is 3. The van der Waals surface area contributed by atoms with Crippen LogP contribution >= 0.6 is 0 Å². The van der Waals surface area contributed by atoms with Gasteiger partial charge in [-0.05, 0) is 51.7 Å². The first-order chi connectivity index (χ1) is 8.73. The Hall–Kier alpha value is -0.410. The summed E-state index contributed by atoms with van der Waals surface area (Å²) in [5.41, 5.74) is -0.0973. The highest BCUT2D eigenvalue weighted by Crippen LogP contribution is 2.28. The van der Waals surface area contributed by atoms with E-state index in [-0.39, 0.29) is 5.41 Å². The number of carbonyl (C=O) groups is 1. The molecule has 0 N–H and O–H groups in total. The molecule has 104 valence electrons. The molecule has 2 saturated heterocycles. The zero-order valence-electron chi connectivity index (χ0n) is 12.0. The number of nitrogens with zero attached hydrogens (tertiary/aromatic N) is 2. The Balaban J connectivity index is 1.86. The van der Waals surface area contributed by atoms with Gasteiger partial charge >= 0.3 is 0 Å². The van der Waals surface area contributed by atoms with Gasteiger partial charge in [0.25, 0.3) is 0 Å². The Bertz CT molecular complexity index is 270. The first-order valence-electron chi connectivity index (χ1n) is 7.66. The Morgan fingerprint density at radius 3 is 2.39 bits per heavy atom. The normalized spacial score (nSPS) is 26.9. The molecular formula is C15H28N2O. The smallest absolute Gasteiger partial charge is 0.127 e. The highest BCUT2D eigenvalue weighted by molar-refractivity contribution is 5.59. The fourth-order valence-corrected chi connectivity index (χ4v) is 3.48. The van der Waals surface area contributed by atoms with Crippen molar-refractivity contribution in [1.82, 2.24) is 9.80 Å². The lowest BCUT2D eigenvalue weighted by molar-refractivity contribution is -0.117. The van der Waals surface area contributed by atoms with E-state index >= 15 is 0 Å². The van der Waals surface area contributed by atoms with Gasteiger partial charge in [0.2, 0.25) is 0 Å². The molecule has 0 radical (unpaired) electrons. The van der Waals surface area contributed by atoms with Gasteiger partial charge in [0, 0.05) is 24.5 Å². The van der Waals surface area contributed by atoms with Crippen molar-refractivity contribution in [2.24, 2.45) is 5.41 Å². The van der Waals surface area contributed by atoms with Crippen molar-refractivity contribution in [3.05, 3.63) is 0 Å². The molecule has 0 amide bonds. The van der Waals surface area contributed by atoms with Crippen LogP contribution in [-0.2, 0) is 4.79 Å². The van der Waals surface area contributed by atoms with Crippen molar-refractivity contribution in [2.75, 3.05) is 32.7 Å². The zero-order chi connectivity index (χ0) is 13.0. The number of aldehydes is 1. The lowest BCUT2D eigenvalue weighted by Crippen LogP contribution is -2.40. The van der Waals surface area contributed by atoms with Crippen LogP contribution in [0.15, 0.2) is 0 Å². The molecule has 2 aliphatic rings. The molecule has 18 heavy (non-hydrogen) atoms. The quantitative estimate of drug-likeness (QED) is 0.677. The molecule has 0 aromatic rings. The second kappa shape index (κ2) is 6.16. The minimum Gasteiger partial charge on any atom is -0.303 e. The highest BCUT2D eigenvalue weighted by Gasteiger charge is 2.34. The van der Waals surface area contributed by atoms with Gasteiger partial charge in [-0.3, -0.25) is 4.90 Å². The third kappa shape index (κ3) is 2.94. The Labute approximate surface area is 112 Å². The van der Waals surface area contributed by atoms with Crippen LogP contribution in [0.3, 0.4) is 0 Å². The van der Waals surface area contributed by atoms with E-state index in [4.69, 9.17) is 0 Å². The Kier molecular flexibility index (Phi) is 4.79. The monoisotopic (exact) mass is 252 g/mol. The van der Waals surface area contributed by atoms with Crippen molar-refractivity contribution >= 4 is 6.29 Å². The molecule has 0 aromatic carbocycles. The summed E-state index contributed by atoms with van der Waals surface area (Å²) in [6.45, 7) is 10.2. The standard InChI is InChI=1S/C15H28N2O/c1-3-15(4-2,13-18)12-16-10-7-14(11-16)17-8-5-6-9-17/h13-14H,3-12H2,1-2H3. The van der Waals surface area contributed by atoms with Gasteiger partial charge in [-0.1, -0.05) is 13.8 Å². The first-order valence-corrected chi connectivity index (χ1v) is 7.66.